The van der Waals surface area contributed by atoms with Crippen LogP contribution in [0.5, 0.6) is 0 Å². The minimum absolute atomic E-state index is 0.0112. The van der Waals surface area contributed by atoms with E-state index in [2.05, 4.69) is 4.72 Å². The normalized spacial score (nSPS) is 25.4. The third kappa shape index (κ3) is 4.39. The van der Waals surface area contributed by atoms with Crippen LogP contribution in [0.25, 0.3) is 11.1 Å². The van der Waals surface area contributed by atoms with Crippen molar-refractivity contribution in [3.63, 3.8) is 0 Å². The average Bonchev–Trinajstić information content (AvgIpc) is 3.68. The van der Waals surface area contributed by atoms with Gasteiger partial charge in [-0.15, -0.1) is 0 Å². The second-order valence-electron chi connectivity index (χ2n) is 8.92. The molecule has 1 amide bonds. The van der Waals surface area contributed by atoms with Crippen molar-refractivity contribution in [3.05, 3.63) is 59.4 Å². The summed E-state index contributed by atoms with van der Waals surface area (Å²) in [4.78, 5) is 14.4. The Bertz CT molecular complexity index is 1030. The van der Waals surface area contributed by atoms with Gasteiger partial charge in [-0.2, -0.15) is 0 Å². The van der Waals surface area contributed by atoms with Crippen molar-refractivity contribution in [1.29, 1.82) is 0 Å². The first-order chi connectivity index (χ1) is 15.4. The van der Waals surface area contributed by atoms with Gasteiger partial charge in [0, 0.05) is 22.3 Å². The van der Waals surface area contributed by atoms with E-state index in [4.69, 9.17) is 0 Å². The van der Waals surface area contributed by atoms with Gasteiger partial charge in [0.15, 0.2) is 0 Å². The Balaban J connectivity index is 1.45. The molecular weight excluding hydrogens is 440 g/mol. The molecule has 2 aromatic carbocycles. The summed E-state index contributed by atoms with van der Waals surface area (Å²) in [7, 11) is 0. The number of rotatable bonds is 7. The quantitative estimate of drug-likeness (QED) is 0.460. The molecule has 1 N–H and O–H groups in total. The minimum atomic E-state index is -1.25. The standard InChI is InChI=1S/C24H24F4N2OS/c25-15-6-9-19(26)18(11-15)17-3-1-2-14(22(17)28)10-21-23(29-32-16-7-8-16)20(27)12-30(21)24(31)13-4-5-13/h1-3,6,9,11,13,16,20-21,23,29H,4-5,7-8,10,12H2/t20-,21-,23-/m0/s1. The predicted molar refractivity (Wildman–Crippen MR) is 116 cm³/mol. The SMILES string of the molecule is O=C(C1CC1)N1C[C@H](F)[C@H](NSC2CC2)[C@@H]1Cc1cccc(-c2cc(F)ccc2F)c1F. The number of nitrogens with zero attached hydrogens (tertiary/aromatic N) is 1. The van der Waals surface area contributed by atoms with Crippen LogP contribution < -0.4 is 4.72 Å². The van der Waals surface area contributed by atoms with Crippen LogP contribution in [-0.2, 0) is 11.2 Å². The maximum Gasteiger partial charge on any atom is 0.226 e. The van der Waals surface area contributed by atoms with Crippen molar-refractivity contribution >= 4 is 17.9 Å². The molecule has 3 atom stereocenters. The average molecular weight is 465 g/mol. The van der Waals surface area contributed by atoms with E-state index < -0.39 is 35.7 Å². The van der Waals surface area contributed by atoms with Crippen molar-refractivity contribution in [2.24, 2.45) is 5.92 Å². The summed E-state index contributed by atoms with van der Waals surface area (Å²) < 4.78 is 61.6. The minimum Gasteiger partial charge on any atom is -0.334 e. The molecule has 0 aromatic heterocycles. The molecule has 2 aliphatic carbocycles. The lowest BCUT2D eigenvalue weighted by Gasteiger charge is -2.29. The molecule has 32 heavy (non-hydrogen) atoms. The molecule has 3 nitrogen and oxygen atoms in total. The summed E-state index contributed by atoms with van der Waals surface area (Å²) in [5, 5.41) is 0.451. The van der Waals surface area contributed by atoms with Gasteiger partial charge in [0.25, 0.3) is 0 Å². The van der Waals surface area contributed by atoms with E-state index in [1.54, 1.807) is 17.0 Å². The zero-order valence-corrected chi connectivity index (χ0v) is 18.2. The zero-order valence-electron chi connectivity index (χ0n) is 17.4. The molecule has 2 aromatic rings. The van der Waals surface area contributed by atoms with E-state index in [1.807, 2.05) is 0 Å². The van der Waals surface area contributed by atoms with Gasteiger partial charge in [0.05, 0.1) is 18.6 Å². The Hall–Kier alpha value is -2.06. The van der Waals surface area contributed by atoms with Crippen LogP contribution in [0.4, 0.5) is 17.6 Å². The maximum atomic E-state index is 15.5. The van der Waals surface area contributed by atoms with E-state index >= 15 is 4.39 Å². The molecular formula is C24H24F4N2OS. The van der Waals surface area contributed by atoms with Crippen molar-refractivity contribution < 1.29 is 22.4 Å². The Morgan fingerprint density at radius 3 is 2.56 bits per heavy atom. The van der Waals surface area contributed by atoms with Gasteiger partial charge >= 0.3 is 0 Å². The number of hydrogen-bond donors (Lipinski definition) is 1. The number of hydrogen-bond acceptors (Lipinski definition) is 3. The van der Waals surface area contributed by atoms with Crippen molar-refractivity contribution in [2.75, 3.05) is 6.54 Å². The fraction of sp³-hybridized carbons (Fsp3) is 0.458. The monoisotopic (exact) mass is 464 g/mol. The molecule has 1 saturated heterocycles. The van der Waals surface area contributed by atoms with Crippen LogP contribution in [0.3, 0.4) is 0 Å². The summed E-state index contributed by atoms with van der Waals surface area (Å²) in [6.07, 6.45) is 2.60. The smallest absolute Gasteiger partial charge is 0.226 e. The van der Waals surface area contributed by atoms with E-state index in [-0.39, 0.29) is 41.5 Å². The molecule has 1 heterocycles. The van der Waals surface area contributed by atoms with Crippen molar-refractivity contribution in [1.82, 2.24) is 9.62 Å². The van der Waals surface area contributed by atoms with Crippen molar-refractivity contribution in [2.45, 2.75) is 55.6 Å². The molecule has 3 fully saturated rings. The van der Waals surface area contributed by atoms with Gasteiger partial charge in [0.1, 0.15) is 23.6 Å². The Kier molecular flexibility index (Phi) is 5.92. The predicted octanol–water partition coefficient (Wildman–Crippen LogP) is 5.04. The van der Waals surface area contributed by atoms with Crippen LogP contribution >= 0.6 is 11.9 Å². The second-order valence-corrected chi connectivity index (χ2v) is 10.1. The first-order valence-electron chi connectivity index (χ1n) is 11.0. The molecule has 170 valence electrons. The number of benzene rings is 2. The number of nitrogens with one attached hydrogen (secondary N) is 1. The van der Waals surface area contributed by atoms with Crippen LogP contribution in [0.1, 0.15) is 31.2 Å². The molecule has 2 saturated carbocycles. The fourth-order valence-corrected chi connectivity index (χ4v) is 5.34. The van der Waals surface area contributed by atoms with E-state index in [0.717, 1.165) is 43.9 Å². The Morgan fingerprint density at radius 1 is 1.06 bits per heavy atom. The van der Waals surface area contributed by atoms with Crippen LogP contribution in [0, 0.1) is 23.4 Å². The summed E-state index contributed by atoms with van der Waals surface area (Å²) in [5.41, 5.74) is 0.0392. The Labute approximate surface area is 188 Å². The lowest BCUT2D eigenvalue weighted by Crippen LogP contribution is -2.46. The van der Waals surface area contributed by atoms with Crippen LogP contribution in [0.15, 0.2) is 36.4 Å². The first kappa shape index (κ1) is 21.8. The summed E-state index contributed by atoms with van der Waals surface area (Å²) in [6, 6.07) is 6.28. The molecule has 0 unspecified atom stereocenters. The largest absolute Gasteiger partial charge is 0.334 e. The van der Waals surface area contributed by atoms with Crippen LogP contribution in [-0.4, -0.2) is 40.9 Å². The first-order valence-corrected chi connectivity index (χ1v) is 11.9. The molecule has 8 heteroatoms. The molecule has 0 spiro atoms. The highest BCUT2D eigenvalue weighted by atomic mass is 32.2. The highest BCUT2D eigenvalue weighted by Gasteiger charge is 2.48. The van der Waals surface area contributed by atoms with Gasteiger partial charge in [-0.3, -0.25) is 9.52 Å². The van der Waals surface area contributed by atoms with E-state index in [9.17, 15) is 18.0 Å². The number of likely N-dealkylation sites (tertiary alicyclic amines) is 1. The maximum absolute atomic E-state index is 15.5. The third-order valence-electron chi connectivity index (χ3n) is 6.41. The lowest BCUT2D eigenvalue weighted by atomic mass is 9.95. The molecule has 3 aliphatic rings. The third-order valence-corrected chi connectivity index (χ3v) is 7.62. The van der Waals surface area contributed by atoms with Gasteiger partial charge in [0.2, 0.25) is 5.91 Å². The summed E-state index contributed by atoms with van der Waals surface area (Å²) >= 11 is 1.49. The highest BCUT2D eigenvalue weighted by Crippen LogP contribution is 2.38. The number of halogens is 4. The lowest BCUT2D eigenvalue weighted by molar-refractivity contribution is -0.133. The molecule has 1 aliphatic heterocycles. The highest BCUT2D eigenvalue weighted by molar-refractivity contribution is 7.98. The zero-order chi connectivity index (χ0) is 22.4. The number of alkyl halides is 1. The fourth-order valence-electron chi connectivity index (χ4n) is 4.31. The topological polar surface area (TPSA) is 32.3 Å². The van der Waals surface area contributed by atoms with Crippen LogP contribution in [0.2, 0.25) is 0 Å². The van der Waals surface area contributed by atoms with Gasteiger partial charge in [-0.05, 0) is 55.9 Å². The number of amides is 1. The van der Waals surface area contributed by atoms with Gasteiger partial charge in [-0.25, -0.2) is 17.6 Å². The molecule has 0 bridgehead atoms. The van der Waals surface area contributed by atoms with Gasteiger partial charge in [-0.1, -0.05) is 30.1 Å². The van der Waals surface area contributed by atoms with Crippen molar-refractivity contribution in [3.8, 4) is 11.1 Å². The number of carbonyl (C=O) groups is 1. The molecule has 5 rings (SSSR count). The van der Waals surface area contributed by atoms with Gasteiger partial charge < -0.3 is 4.90 Å². The van der Waals surface area contributed by atoms with E-state index in [1.165, 1.54) is 18.0 Å². The van der Waals surface area contributed by atoms with E-state index in [0.29, 0.717) is 5.25 Å². The summed E-state index contributed by atoms with van der Waals surface area (Å²) in [6.45, 7) is -0.0112. The Morgan fingerprint density at radius 2 is 1.84 bits per heavy atom. The molecule has 0 radical (unpaired) electrons. The number of carbonyl (C=O) groups excluding carboxylic acids is 1. The summed E-state index contributed by atoms with van der Waals surface area (Å²) in [5.74, 6) is -2.21. The second kappa shape index (κ2) is 8.71.